The van der Waals surface area contributed by atoms with Crippen LogP contribution in [0.25, 0.3) is 0 Å². The zero-order valence-electron chi connectivity index (χ0n) is 13.3. The van der Waals surface area contributed by atoms with Gasteiger partial charge in [-0.1, -0.05) is 18.2 Å². The fourth-order valence-electron chi connectivity index (χ4n) is 1.94. The Bertz CT molecular complexity index is 491. The summed E-state index contributed by atoms with van der Waals surface area (Å²) in [5.41, 5.74) is 6.04. The van der Waals surface area contributed by atoms with Crippen LogP contribution in [0.3, 0.4) is 0 Å². The first-order valence-corrected chi connectivity index (χ1v) is 7.46. The molecule has 3 amide bonds. The van der Waals surface area contributed by atoms with E-state index >= 15 is 0 Å². The number of nitrogens with zero attached hydrogens (tertiary/aromatic N) is 1. The van der Waals surface area contributed by atoms with Gasteiger partial charge in [-0.25, -0.2) is 4.79 Å². The first-order valence-electron chi connectivity index (χ1n) is 7.46. The summed E-state index contributed by atoms with van der Waals surface area (Å²) in [5.74, 6) is 0.924. The Labute approximate surface area is 131 Å². The van der Waals surface area contributed by atoms with Crippen molar-refractivity contribution in [3.05, 3.63) is 29.8 Å². The van der Waals surface area contributed by atoms with Crippen LogP contribution < -0.4 is 15.8 Å². The van der Waals surface area contributed by atoms with Gasteiger partial charge in [0.1, 0.15) is 12.4 Å². The van der Waals surface area contributed by atoms with Gasteiger partial charge >= 0.3 is 6.03 Å². The number of nitrogens with two attached hydrogens (primary N) is 1. The predicted molar refractivity (Wildman–Crippen MR) is 85.7 cm³/mol. The molecule has 0 saturated heterocycles. The minimum Gasteiger partial charge on any atom is -0.491 e. The lowest BCUT2D eigenvalue weighted by atomic mass is 10.2. The van der Waals surface area contributed by atoms with Crippen molar-refractivity contribution in [3.8, 4) is 5.75 Å². The SMILES string of the molecule is Cc1ccccc1OCCN(C)C(=O)CCCCNC(N)=O. The van der Waals surface area contributed by atoms with E-state index in [1.165, 1.54) is 0 Å². The number of urea groups is 1. The molecule has 22 heavy (non-hydrogen) atoms. The molecular formula is C16H25N3O3. The molecule has 6 nitrogen and oxygen atoms in total. The van der Waals surface area contributed by atoms with E-state index in [1.807, 2.05) is 31.2 Å². The standard InChI is InChI=1S/C16H25N3O3/c1-13-7-3-4-8-14(13)22-12-11-19(2)15(20)9-5-6-10-18-16(17)21/h3-4,7-8H,5-6,9-12H2,1-2H3,(H3,17,18,21). The van der Waals surface area contributed by atoms with Crippen LogP contribution in [0.5, 0.6) is 5.75 Å². The molecule has 0 saturated carbocycles. The zero-order valence-corrected chi connectivity index (χ0v) is 13.3. The third-order valence-corrected chi connectivity index (χ3v) is 3.32. The number of amides is 3. The van der Waals surface area contributed by atoms with Gasteiger partial charge in [-0.2, -0.15) is 0 Å². The Morgan fingerprint density at radius 1 is 1.27 bits per heavy atom. The molecule has 0 aliphatic rings. The van der Waals surface area contributed by atoms with E-state index in [1.54, 1.807) is 11.9 Å². The first-order chi connectivity index (χ1) is 10.5. The van der Waals surface area contributed by atoms with Gasteiger partial charge in [0.25, 0.3) is 0 Å². The molecule has 1 aromatic carbocycles. The monoisotopic (exact) mass is 307 g/mol. The van der Waals surface area contributed by atoms with Gasteiger partial charge in [-0.15, -0.1) is 0 Å². The highest BCUT2D eigenvalue weighted by Gasteiger charge is 2.08. The fourth-order valence-corrected chi connectivity index (χ4v) is 1.94. The molecule has 0 atom stereocenters. The summed E-state index contributed by atoms with van der Waals surface area (Å²) in [4.78, 5) is 24.1. The third-order valence-electron chi connectivity index (χ3n) is 3.32. The molecular weight excluding hydrogens is 282 g/mol. The van der Waals surface area contributed by atoms with Gasteiger partial charge in [0.05, 0.1) is 6.54 Å². The Morgan fingerprint density at radius 3 is 2.68 bits per heavy atom. The summed E-state index contributed by atoms with van der Waals surface area (Å²) >= 11 is 0. The Morgan fingerprint density at radius 2 is 2.00 bits per heavy atom. The number of benzene rings is 1. The number of likely N-dealkylation sites (N-methyl/N-ethyl adjacent to an activating group) is 1. The van der Waals surface area contributed by atoms with E-state index < -0.39 is 6.03 Å². The Balaban J connectivity index is 2.16. The van der Waals surface area contributed by atoms with Gasteiger partial charge in [0.2, 0.25) is 5.91 Å². The molecule has 1 rings (SSSR count). The molecule has 0 fully saturated rings. The summed E-state index contributed by atoms with van der Waals surface area (Å²) in [6.07, 6.45) is 1.92. The van der Waals surface area contributed by atoms with E-state index in [4.69, 9.17) is 10.5 Å². The van der Waals surface area contributed by atoms with Crippen molar-refractivity contribution >= 4 is 11.9 Å². The molecule has 0 heterocycles. The zero-order chi connectivity index (χ0) is 16.4. The number of unbranched alkanes of at least 4 members (excludes halogenated alkanes) is 1. The van der Waals surface area contributed by atoms with Crippen LogP contribution in [0.1, 0.15) is 24.8 Å². The summed E-state index contributed by atoms with van der Waals surface area (Å²) in [7, 11) is 1.77. The summed E-state index contributed by atoms with van der Waals surface area (Å²) < 4.78 is 5.67. The van der Waals surface area contributed by atoms with Crippen molar-refractivity contribution in [2.75, 3.05) is 26.7 Å². The molecule has 0 spiro atoms. The summed E-state index contributed by atoms with van der Waals surface area (Å²) in [6, 6.07) is 7.27. The van der Waals surface area contributed by atoms with Crippen LogP contribution in [-0.2, 0) is 4.79 Å². The predicted octanol–water partition coefficient (Wildman–Crippen LogP) is 1.67. The maximum Gasteiger partial charge on any atom is 0.312 e. The topological polar surface area (TPSA) is 84.7 Å². The molecule has 0 unspecified atom stereocenters. The van der Waals surface area contributed by atoms with Gasteiger partial charge in [-0.3, -0.25) is 4.79 Å². The number of ether oxygens (including phenoxy) is 1. The van der Waals surface area contributed by atoms with Crippen molar-refractivity contribution < 1.29 is 14.3 Å². The van der Waals surface area contributed by atoms with Crippen LogP contribution in [0.2, 0.25) is 0 Å². The van der Waals surface area contributed by atoms with Gasteiger partial charge in [0, 0.05) is 20.0 Å². The highest BCUT2D eigenvalue weighted by Crippen LogP contribution is 2.15. The number of hydrogen-bond acceptors (Lipinski definition) is 3. The minimum atomic E-state index is -0.531. The van der Waals surface area contributed by atoms with E-state index in [0.29, 0.717) is 26.1 Å². The number of nitrogens with one attached hydrogen (secondary N) is 1. The highest BCUT2D eigenvalue weighted by atomic mass is 16.5. The number of rotatable bonds is 9. The van der Waals surface area contributed by atoms with E-state index in [2.05, 4.69) is 5.32 Å². The average Bonchev–Trinajstić information content (AvgIpc) is 2.48. The number of carbonyl (C=O) groups excluding carboxylic acids is 2. The second-order valence-corrected chi connectivity index (χ2v) is 5.18. The quantitative estimate of drug-likeness (QED) is 0.681. The average molecular weight is 307 g/mol. The third kappa shape index (κ3) is 6.97. The fraction of sp³-hybridized carbons (Fsp3) is 0.500. The minimum absolute atomic E-state index is 0.0764. The van der Waals surface area contributed by atoms with Gasteiger partial charge < -0.3 is 20.7 Å². The number of aryl methyl sites for hydroxylation is 1. The summed E-state index contributed by atoms with van der Waals surface area (Å²) in [6.45, 7) is 3.51. The lowest BCUT2D eigenvalue weighted by Crippen LogP contribution is -2.31. The molecule has 0 aliphatic carbocycles. The van der Waals surface area contributed by atoms with Crippen LogP contribution in [0.15, 0.2) is 24.3 Å². The van der Waals surface area contributed by atoms with Crippen molar-refractivity contribution in [2.45, 2.75) is 26.2 Å². The maximum absolute atomic E-state index is 11.9. The van der Waals surface area contributed by atoms with Gasteiger partial charge in [-0.05, 0) is 31.4 Å². The Hall–Kier alpha value is -2.24. The number of carbonyl (C=O) groups is 2. The molecule has 1 aromatic rings. The van der Waals surface area contributed by atoms with Crippen LogP contribution >= 0.6 is 0 Å². The van der Waals surface area contributed by atoms with Crippen molar-refractivity contribution in [1.29, 1.82) is 0 Å². The molecule has 3 N–H and O–H groups in total. The lowest BCUT2D eigenvalue weighted by molar-refractivity contribution is -0.130. The first kappa shape index (κ1) is 17.8. The number of hydrogen-bond donors (Lipinski definition) is 2. The molecule has 0 aromatic heterocycles. The summed E-state index contributed by atoms with van der Waals surface area (Å²) in [5, 5.41) is 2.50. The van der Waals surface area contributed by atoms with Crippen molar-refractivity contribution in [3.63, 3.8) is 0 Å². The maximum atomic E-state index is 11.9. The molecule has 0 aliphatic heterocycles. The van der Waals surface area contributed by atoms with E-state index in [0.717, 1.165) is 24.2 Å². The highest BCUT2D eigenvalue weighted by molar-refractivity contribution is 5.75. The molecule has 122 valence electrons. The number of primary amides is 1. The molecule has 0 radical (unpaired) electrons. The second kappa shape index (κ2) is 9.65. The normalized spacial score (nSPS) is 10.1. The lowest BCUT2D eigenvalue weighted by Gasteiger charge is -2.18. The molecule has 0 bridgehead atoms. The van der Waals surface area contributed by atoms with Gasteiger partial charge in [0.15, 0.2) is 0 Å². The number of para-hydroxylation sites is 1. The van der Waals surface area contributed by atoms with Crippen molar-refractivity contribution in [1.82, 2.24) is 10.2 Å². The second-order valence-electron chi connectivity index (χ2n) is 5.18. The van der Waals surface area contributed by atoms with Crippen LogP contribution in [0, 0.1) is 6.92 Å². The molecule has 6 heteroatoms. The van der Waals surface area contributed by atoms with E-state index in [-0.39, 0.29) is 5.91 Å². The van der Waals surface area contributed by atoms with Crippen LogP contribution in [-0.4, -0.2) is 43.6 Å². The van der Waals surface area contributed by atoms with Crippen molar-refractivity contribution in [2.24, 2.45) is 5.73 Å². The van der Waals surface area contributed by atoms with E-state index in [9.17, 15) is 9.59 Å². The largest absolute Gasteiger partial charge is 0.491 e. The van der Waals surface area contributed by atoms with Crippen LogP contribution in [0.4, 0.5) is 4.79 Å². The smallest absolute Gasteiger partial charge is 0.312 e. The Kier molecular flexibility index (Phi) is 7.81.